The van der Waals surface area contributed by atoms with Crippen LogP contribution < -0.4 is 10.6 Å². The Kier molecular flexibility index (Phi) is 10.8. The van der Waals surface area contributed by atoms with Gasteiger partial charge in [-0.15, -0.1) is 0 Å². The van der Waals surface area contributed by atoms with Crippen LogP contribution in [0.5, 0.6) is 0 Å². The van der Waals surface area contributed by atoms with Crippen LogP contribution >= 0.6 is 0 Å². The molecule has 0 aliphatic rings. The van der Waals surface area contributed by atoms with Crippen molar-refractivity contribution in [3.8, 4) is 0 Å². The van der Waals surface area contributed by atoms with Crippen molar-refractivity contribution in [1.82, 2.24) is 10.2 Å². The van der Waals surface area contributed by atoms with Crippen LogP contribution in [0.4, 0.5) is 10.5 Å². The van der Waals surface area contributed by atoms with Gasteiger partial charge in [0.15, 0.2) is 0 Å². The Balaban J connectivity index is 2.08. The van der Waals surface area contributed by atoms with Crippen LogP contribution in [-0.2, 0) is 14.3 Å². The van der Waals surface area contributed by atoms with E-state index in [0.717, 1.165) is 33.9 Å². The number of anilines is 1. The fraction of sp³-hybridized carbons (Fsp3) is 0.457. The third-order valence-corrected chi connectivity index (χ3v) is 7.35. The van der Waals surface area contributed by atoms with Crippen molar-refractivity contribution in [2.45, 2.75) is 98.9 Å². The minimum Gasteiger partial charge on any atom is -0.444 e. The second-order valence-electron chi connectivity index (χ2n) is 12.7. The van der Waals surface area contributed by atoms with E-state index in [0.29, 0.717) is 18.0 Å². The quantitative estimate of drug-likeness (QED) is 0.260. The number of aryl methyl sites for hydroxylation is 2. The van der Waals surface area contributed by atoms with Gasteiger partial charge < -0.3 is 20.3 Å². The van der Waals surface area contributed by atoms with Crippen molar-refractivity contribution >= 4 is 34.4 Å². The number of hydrogen-bond acceptors (Lipinski definition) is 4. The first-order valence-corrected chi connectivity index (χ1v) is 14.9. The number of rotatable bonds is 10. The van der Waals surface area contributed by atoms with Crippen LogP contribution in [0, 0.1) is 19.8 Å². The van der Waals surface area contributed by atoms with E-state index in [2.05, 4.69) is 24.5 Å². The van der Waals surface area contributed by atoms with Crippen LogP contribution in [0.3, 0.4) is 0 Å². The van der Waals surface area contributed by atoms with Crippen molar-refractivity contribution in [3.05, 3.63) is 77.4 Å². The molecule has 3 atom stereocenters. The van der Waals surface area contributed by atoms with Crippen LogP contribution in [0.1, 0.15) is 84.0 Å². The highest BCUT2D eigenvalue weighted by Crippen LogP contribution is 2.33. The summed E-state index contributed by atoms with van der Waals surface area (Å²) in [6, 6.07) is 17.5. The van der Waals surface area contributed by atoms with Gasteiger partial charge in [-0.1, -0.05) is 62.4 Å². The van der Waals surface area contributed by atoms with Crippen LogP contribution in [0.2, 0.25) is 0 Å². The van der Waals surface area contributed by atoms with Crippen molar-refractivity contribution in [2.75, 3.05) is 5.32 Å². The Morgan fingerprint density at radius 1 is 0.833 bits per heavy atom. The molecule has 3 aromatic rings. The summed E-state index contributed by atoms with van der Waals surface area (Å²) in [6.07, 6.45) is 0.903. The maximum Gasteiger partial charge on any atom is 0.408 e. The van der Waals surface area contributed by atoms with E-state index in [1.807, 2.05) is 81.4 Å². The molecule has 7 heteroatoms. The van der Waals surface area contributed by atoms with Crippen LogP contribution in [0.15, 0.2) is 60.7 Å². The maximum atomic E-state index is 14.4. The van der Waals surface area contributed by atoms with Crippen molar-refractivity contribution in [1.29, 1.82) is 0 Å². The molecule has 3 amide bonds. The largest absolute Gasteiger partial charge is 0.444 e. The third-order valence-electron chi connectivity index (χ3n) is 7.35. The van der Waals surface area contributed by atoms with E-state index in [-0.39, 0.29) is 17.9 Å². The molecule has 0 aliphatic carbocycles. The van der Waals surface area contributed by atoms with Gasteiger partial charge in [0.1, 0.15) is 17.7 Å². The smallest absolute Gasteiger partial charge is 0.408 e. The zero-order valence-electron chi connectivity index (χ0n) is 26.6. The highest BCUT2D eigenvalue weighted by Gasteiger charge is 2.39. The second kappa shape index (κ2) is 13.9. The summed E-state index contributed by atoms with van der Waals surface area (Å²) in [5.74, 6) is -0.234. The van der Waals surface area contributed by atoms with E-state index in [4.69, 9.17) is 4.74 Å². The van der Waals surface area contributed by atoms with E-state index >= 15 is 0 Å². The molecule has 3 rings (SSSR count). The number of carbonyl (C=O) groups excluding carboxylic acids is 3. The Morgan fingerprint density at radius 2 is 1.45 bits per heavy atom. The first-order valence-electron chi connectivity index (χ1n) is 14.9. The maximum absolute atomic E-state index is 14.4. The van der Waals surface area contributed by atoms with E-state index in [9.17, 15) is 14.4 Å². The molecule has 0 saturated heterocycles. The summed E-state index contributed by atoms with van der Waals surface area (Å²) in [4.78, 5) is 42.9. The molecular weight excluding hydrogens is 526 g/mol. The van der Waals surface area contributed by atoms with E-state index in [1.54, 1.807) is 32.6 Å². The molecule has 0 aromatic heterocycles. The van der Waals surface area contributed by atoms with Gasteiger partial charge in [-0.25, -0.2) is 4.79 Å². The monoisotopic (exact) mass is 573 g/mol. The molecule has 0 radical (unpaired) electrons. The molecule has 0 bridgehead atoms. The molecule has 7 nitrogen and oxygen atoms in total. The zero-order valence-corrected chi connectivity index (χ0v) is 26.6. The lowest BCUT2D eigenvalue weighted by Gasteiger charge is -2.39. The first kappa shape index (κ1) is 32.6. The summed E-state index contributed by atoms with van der Waals surface area (Å²) >= 11 is 0. The molecule has 0 saturated carbocycles. The molecule has 226 valence electrons. The molecule has 2 N–H and O–H groups in total. The molecule has 0 spiro atoms. The summed E-state index contributed by atoms with van der Waals surface area (Å²) in [7, 11) is 0. The van der Waals surface area contributed by atoms with Crippen molar-refractivity contribution in [2.24, 2.45) is 5.92 Å². The lowest BCUT2D eigenvalue weighted by molar-refractivity contribution is -0.143. The predicted octanol–water partition coefficient (Wildman–Crippen LogP) is 7.70. The van der Waals surface area contributed by atoms with Crippen molar-refractivity contribution in [3.63, 3.8) is 0 Å². The Morgan fingerprint density at radius 3 is 2.05 bits per heavy atom. The van der Waals surface area contributed by atoms with Gasteiger partial charge in [-0.2, -0.15) is 0 Å². The predicted molar refractivity (Wildman–Crippen MR) is 170 cm³/mol. The molecule has 42 heavy (non-hydrogen) atoms. The fourth-order valence-electron chi connectivity index (χ4n) is 5.22. The highest BCUT2D eigenvalue weighted by molar-refractivity contribution is 6.00. The van der Waals surface area contributed by atoms with Gasteiger partial charge in [0.2, 0.25) is 5.91 Å². The number of alkyl carbamates (subject to hydrolysis) is 1. The molecule has 3 aromatic carbocycles. The molecule has 0 fully saturated rings. The number of nitrogens with one attached hydrogen (secondary N) is 2. The zero-order chi connectivity index (χ0) is 31.2. The van der Waals surface area contributed by atoms with E-state index in [1.165, 1.54) is 0 Å². The fourth-order valence-corrected chi connectivity index (χ4v) is 5.22. The first-order chi connectivity index (χ1) is 19.7. The van der Waals surface area contributed by atoms with Gasteiger partial charge >= 0.3 is 6.09 Å². The lowest BCUT2D eigenvalue weighted by atomic mass is 9.91. The number of amides is 3. The second-order valence-corrected chi connectivity index (χ2v) is 12.7. The summed E-state index contributed by atoms with van der Waals surface area (Å²) in [5, 5.41) is 7.88. The topological polar surface area (TPSA) is 87.7 Å². The van der Waals surface area contributed by atoms with Crippen molar-refractivity contribution < 1.29 is 19.1 Å². The molecule has 0 aliphatic heterocycles. The Hall–Kier alpha value is -3.87. The number of carbonyl (C=O) groups is 3. The highest BCUT2D eigenvalue weighted by atomic mass is 16.6. The standard InChI is InChI=1S/C35H47N3O4/c1-22(2)17-18-25(5)38(33(40)26(6)36-34(41)42-35(7,8)9)31(30-23(3)13-12-14-24(30)4)32(39)37-29-20-19-27-15-10-11-16-28(27)21-29/h10-16,19-22,25-26,31H,17-18H2,1-9H3,(H,36,41)(H,37,39). The Bertz CT molecular complexity index is 1390. The lowest BCUT2D eigenvalue weighted by Crippen LogP contribution is -2.54. The van der Waals surface area contributed by atoms with Gasteiger partial charge in [0.05, 0.1) is 0 Å². The number of fused-ring (bicyclic) bond motifs is 1. The Labute approximate surface area is 251 Å². The SMILES string of the molecule is Cc1cccc(C)c1C(C(=O)Nc1ccc2ccccc2c1)N(C(=O)C(C)NC(=O)OC(C)(C)C)C(C)CCC(C)C. The van der Waals surface area contributed by atoms with Gasteiger partial charge in [-0.3, -0.25) is 9.59 Å². The number of ether oxygens (including phenoxy) is 1. The van der Waals surface area contributed by atoms with Gasteiger partial charge in [0, 0.05) is 11.7 Å². The molecular formula is C35H47N3O4. The summed E-state index contributed by atoms with van der Waals surface area (Å²) in [6.45, 7) is 17.1. The summed E-state index contributed by atoms with van der Waals surface area (Å²) < 4.78 is 5.42. The average molecular weight is 574 g/mol. The molecule has 3 unspecified atom stereocenters. The third kappa shape index (κ3) is 8.57. The summed E-state index contributed by atoms with van der Waals surface area (Å²) in [5.41, 5.74) is 2.55. The number of hydrogen-bond donors (Lipinski definition) is 2. The molecule has 0 heterocycles. The number of nitrogens with zero attached hydrogens (tertiary/aromatic N) is 1. The van der Waals surface area contributed by atoms with Gasteiger partial charge in [-0.05, 0) is 107 Å². The van der Waals surface area contributed by atoms with Crippen LogP contribution in [-0.4, -0.2) is 40.5 Å². The minimum atomic E-state index is -0.921. The number of benzene rings is 3. The average Bonchev–Trinajstić information content (AvgIpc) is 2.89. The van der Waals surface area contributed by atoms with E-state index < -0.39 is 23.8 Å². The van der Waals surface area contributed by atoms with Crippen LogP contribution in [0.25, 0.3) is 10.8 Å². The minimum absolute atomic E-state index is 0.283. The normalized spacial score (nSPS) is 13.8. The van der Waals surface area contributed by atoms with Gasteiger partial charge in [0.25, 0.3) is 5.91 Å².